The van der Waals surface area contributed by atoms with Crippen LogP contribution < -0.4 is 11.2 Å². The lowest BCUT2D eigenvalue weighted by atomic mass is 10.1. The molecular weight excluding hydrogens is 276 g/mol. The molecule has 0 saturated carbocycles. The Bertz CT molecular complexity index is 690. The molecular formula is C14H18N2O5. The van der Waals surface area contributed by atoms with Gasteiger partial charge in [-0.3, -0.25) is 14.3 Å². The molecule has 0 unspecified atom stereocenters. The van der Waals surface area contributed by atoms with Gasteiger partial charge in [0.2, 0.25) is 0 Å². The van der Waals surface area contributed by atoms with Gasteiger partial charge in [-0.1, -0.05) is 0 Å². The Morgan fingerprint density at radius 3 is 2.62 bits per heavy atom. The highest BCUT2D eigenvalue weighted by atomic mass is 16.7. The number of aryl methyl sites for hydroxylation is 1. The van der Waals surface area contributed by atoms with E-state index in [9.17, 15) is 9.59 Å². The zero-order valence-corrected chi connectivity index (χ0v) is 12.2. The molecule has 3 heterocycles. The minimum atomic E-state index is -0.691. The van der Waals surface area contributed by atoms with Crippen LogP contribution in [0, 0.1) is 6.92 Å². The summed E-state index contributed by atoms with van der Waals surface area (Å²) < 4.78 is 18.5. The van der Waals surface area contributed by atoms with E-state index in [0.29, 0.717) is 18.8 Å². The van der Waals surface area contributed by atoms with E-state index >= 15 is 0 Å². The van der Waals surface area contributed by atoms with Gasteiger partial charge in [0.05, 0.1) is 13.2 Å². The van der Waals surface area contributed by atoms with Crippen molar-refractivity contribution in [2.75, 3.05) is 13.2 Å². The molecule has 1 aromatic heterocycles. The summed E-state index contributed by atoms with van der Waals surface area (Å²) in [6.07, 6.45) is 4.52. The van der Waals surface area contributed by atoms with Crippen LogP contribution in [0.5, 0.6) is 0 Å². The number of ether oxygens (including phenoxy) is 3. The largest absolute Gasteiger partial charge is 0.347 e. The lowest BCUT2D eigenvalue weighted by Crippen LogP contribution is -2.51. The molecule has 1 fully saturated rings. The van der Waals surface area contributed by atoms with Crippen LogP contribution in [0.15, 0.2) is 27.9 Å². The Kier molecular flexibility index (Phi) is 3.16. The second-order valence-corrected chi connectivity index (χ2v) is 5.89. The van der Waals surface area contributed by atoms with Crippen LogP contribution in [0.3, 0.4) is 0 Å². The maximum absolute atomic E-state index is 11.9. The van der Waals surface area contributed by atoms with Gasteiger partial charge in [0.15, 0.2) is 12.0 Å². The summed E-state index contributed by atoms with van der Waals surface area (Å²) >= 11 is 0. The minimum absolute atomic E-state index is 0.351. The van der Waals surface area contributed by atoms with E-state index in [1.807, 2.05) is 19.9 Å². The van der Waals surface area contributed by atoms with Gasteiger partial charge in [-0.15, -0.1) is 0 Å². The number of nitrogens with one attached hydrogen (secondary N) is 1. The number of hydrogen-bond donors (Lipinski definition) is 1. The van der Waals surface area contributed by atoms with Crippen molar-refractivity contribution in [3.05, 3.63) is 44.8 Å². The van der Waals surface area contributed by atoms with Crippen LogP contribution in [-0.4, -0.2) is 34.2 Å². The highest BCUT2D eigenvalue weighted by molar-refractivity contribution is 5.13. The number of aromatic amines is 1. The molecule has 0 bridgehead atoms. The maximum atomic E-state index is 11.9. The molecule has 7 nitrogen and oxygen atoms in total. The van der Waals surface area contributed by atoms with Crippen LogP contribution in [0.1, 0.15) is 25.6 Å². The summed E-state index contributed by atoms with van der Waals surface area (Å²) in [7, 11) is 0. The molecule has 1 N–H and O–H groups in total. The molecule has 7 heteroatoms. The Labute approximate surface area is 121 Å². The summed E-state index contributed by atoms with van der Waals surface area (Å²) in [5.74, 6) is -0.633. The van der Waals surface area contributed by atoms with Gasteiger partial charge < -0.3 is 14.2 Å². The smallest absolute Gasteiger partial charge is 0.330 e. The van der Waals surface area contributed by atoms with Gasteiger partial charge in [0.1, 0.15) is 5.60 Å². The van der Waals surface area contributed by atoms with Crippen LogP contribution in [0.2, 0.25) is 0 Å². The molecule has 0 aromatic carbocycles. The van der Waals surface area contributed by atoms with Gasteiger partial charge in [-0.25, -0.2) is 4.79 Å². The van der Waals surface area contributed by atoms with E-state index < -0.39 is 23.3 Å². The van der Waals surface area contributed by atoms with E-state index in [4.69, 9.17) is 14.2 Å². The predicted octanol–water partition coefficient (Wildman–Crippen LogP) is 0.452. The first-order valence-corrected chi connectivity index (χ1v) is 6.77. The van der Waals surface area contributed by atoms with Gasteiger partial charge in [0.25, 0.3) is 5.56 Å². The third-order valence-electron chi connectivity index (χ3n) is 3.67. The standard InChI is InChI=1S/C14H18N2O5/c1-9-6-16(12(18)15-11(9)17)10-4-5-14(21-10)7-19-13(2,3)20-8-14/h4-6,10H,7-8H2,1-3H3,(H,15,17,18)/t10-/m1/s1. The SMILES string of the molecule is Cc1cn([C@H]2C=CC3(COC(C)(C)OC3)O2)c(=O)[nH]c1=O. The van der Waals surface area contributed by atoms with Crippen molar-refractivity contribution in [3.8, 4) is 0 Å². The van der Waals surface area contributed by atoms with Crippen LogP contribution >= 0.6 is 0 Å². The molecule has 1 saturated heterocycles. The fourth-order valence-corrected chi connectivity index (χ4v) is 2.34. The monoisotopic (exact) mass is 294 g/mol. The summed E-state index contributed by atoms with van der Waals surface area (Å²) in [5, 5.41) is 0. The number of rotatable bonds is 1. The Hall–Kier alpha value is -1.70. The molecule has 3 rings (SSSR count). The third kappa shape index (κ3) is 2.59. The third-order valence-corrected chi connectivity index (χ3v) is 3.67. The van der Waals surface area contributed by atoms with Gasteiger partial charge in [0, 0.05) is 11.8 Å². The Morgan fingerprint density at radius 1 is 1.29 bits per heavy atom. The van der Waals surface area contributed by atoms with Crippen LogP contribution in [0.4, 0.5) is 0 Å². The molecule has 0 aliphatic carbocycles. The van der Waals surface area contributed by atoms with Gasteiger partial charge >= 0.3 is 5.69 Å². The van der Waals surface area contributed by atoms with E-state index in [-0.39, 0.29) is 5.56 Å². The molecule has 114 valence electrons. The Morgan fingerprint density at radius 2 is 1.95 bits per heavy atom. The fraction of sp³-hybridized carbons (Fsp3) is 0.571. The topological polar surface area (TPSA) is 82.6 Å². The second-order valence-electron chi connectivity index (χ2n) is 5.89. The van der Waals surface area contributed by atoms with Crippen LogP contribution in [0.25, 0.3) is 0 Å². The van der Waals surface area contributed by atoms with Crippen molar-refractivity contribution < 1.29 is 14.2 Å². The van der Waals surface area contributed by atoms with Crippen molar-refractivity contribution >= 4 is 0 Å². The maximum Gasteiger partial charge on any atom is 0.330 e. The first kappa shape index (κ1) is 14.2. The number of H-pyrrole nitrogens is 1. The van der Waals surface area contributed by atoms with E-state index in [1.54, 1.807) is 13.0 Å². The van der Waals surface area contributed by atoms with E-state index in [1.165, 1.54) is 10.8 Å². The molecule has 2 aliphatic heterocycles. The molecule has 1 aromatic rings. The summed E-state index contributed by atoms with van der Waals surface area (Å²) in [5.41, 5.74) is -1.14. The van der Waals surface area contributed by atoms with Crippen LogP contribution in [-0.2, 0) is 14.2 Å². The Balaban J connectivity index is 1.83. The zero-order valence-electron chi connectivity index (χ0n) is 12.2. The molecule has 0 amide bonds. The normalized spacial score (nSPS) is 26.3. The molecule has 1 atom stereocenters. The molecule has 21 heavy (non-hydrogen) atoms. The van der Waals surface area contributed by atoms with E-state index in [0.717, 1.165) is 0 Å². The summed E-state index contributed by atoms with van der Waals surface area (Å²) in [6.45, 7) is 6.02. The molecule has 2 aliphatic rings. The molecule has 0 radical (unpaired) electrons. The minimum Gasteiger partial charge on any atom is -0.347 e. The number of aromatic nitrogens is 2. The number of nitrogens with zero attached hydrogens (tertiary/aromatic N) is 1. The summed E-state index contributed by atoms with van der Waals surface area (Å²) in [6, 6.07) is 0. The summed E-state index contributed by atoms with van der Waals surface area (Å²) in [4.78, 5) is 25.6. The average Bonchev–Trinajstić information content (AvgIpc) is 2.83. The first-order chi connectivity index (χ1) is 9.80. The zero-order chi connectivity index (χ0) is 15.3. The van der Waals surface area contributed by atoms with Gasteiger partial charge in [-0.05, 0) is 32.9 Å². The van der Waals surface area contributed by atoms with Crippen molar-refractivity contribution in [2.45, 2.75) is 38.4 Å². The molecule has 1 spiro atoms. The highest BCUT2D eigenvalue weighted by Gasteiger charge is 2.44. The predicted molar refractivity (Wildman–Crippen MR) is 74.0 cm³/mol. The highest BCUT2D eigenvalue weighted by Crippen LogP contribution is 2.35. The first-order valence-electron chi connectivity index (χ1n) is 6.77. The lowest BCUT2D eigenvalue weighted by Gasteiger charge is -2.40. The fourth-order valence-electron chi connectivity index (χ4n) is 2.34. The second kappa shape index (κ2) is 4.66. The van der Waals surface area contributed by atoms with Crippen molar-refractivity contribution in [2.24, 2.45) is 0 Å². The van der Waals surface area contributed by atoms with Gasteiger partial charge in [-0.2, -0.15) is 0 Å². The quantitative estimate of drug-likeness (QED) is 0.761. The lowest BCUT2D eigenvalue weighted by molar-refractivity contribution is -0.302. The number of hydrogen-bond acceptors (Lipinski definition) is 5. The van der Waals surface area contributed by atoms with E-state index in [2.05, 4.69) is 4.98 Å². The van der Waals surface area contributed by atoms with Crippen molar-refractivity contribution in [3.63, 3.8) is 0 Å². The van der Waals surface area contributed by atoms with Crippen molar-refractivity contribution in [1.29, 1.82) is 0 Å². The van der Waals surface area contributed by atoms with Crippen molar-refractivity contribution in [1.82, 2.24) is 9.55 Å². The average molecular weight is 294 g/mol.